The van der Waals surface area contributed by atoms with Gasteiger partial charge >= 0.3 is 0 Å². The molecule has 1 aromatic rings. The van der Waals surface area contributed by atoms with Gasteiger partial charge in [0, 0.05) is 28.9 Å². The van der Waals surface area contributed by atoms with Gasteiger partial charge in [0.15, 0.2) is 5.78 Å². The fourth-order valence-corrected chi connectivity index (χ4v) is 3.03. The zero-order valence-electron chi connectivity index (χ0n) is 14.0. The third kappa shape index (κ3) is 3.55. The Kier molecular flexibility index (Phi) is 3.77. The van der Waals surface area contributed by atoms with Gasteiger partial charge in [-0.25, -0.2) is 0 Å². The number of rotatable bonds is 2. The Morgan fingerprint density at radius 1 is 1.33 bits per heavy atom. The molecule has 0 fully saturated rings. The number of hydrogen-bond acceptors (Lipinski definition) is 2. The summed E-state index contributed by atoms with van der Waals surface area (Å²) in [7, 11) is 0. The van der Waals surface area contributed by atoms with E-state index < -0.39 is 0 Å². The van der Waals surface area contributed by atoms with Crippen LogP contribution in [0.4, 0.5) is 0 Å². The molecule has 4 nitrogen and oxygen atoms in total. The van der Waals surface area contributed by atoms with Gasteiger partial charge < -0.3 is 9.88 Å². The molecular formula is C17H26N2O2. The quantitative estimate of drug-likeness (QED) is 0.910. The highest BCUT2D eigenvalue weighted by atomic mass is 16.2. The minimum Gasteiger partial charge on any atom is -0.350 e. The lowest BCUT2D eigenvalue weighted by Crippen LogP contribution is -2.42. The molecule has 1 heterocycles. The van der Waals surface area contributed by atoms with E-state index in [1.807, 2.05) is 38.3 Å². The number of ketones is 1. The highest BCUT2D eigenvalue weighted by Crippen LogP contribution is 2.36. The van der Waals surface area contributed by atoms with Crippen LogP contribution >= 0.6 is 0 Å². The topological polar surface area (TPSA) is 51.1 Å². The van der Waals surface area contributed by atoms with Crippen molar-refractivity contribution < 1.29 is 9.59 Å². The molecule has 0 bridgehead atoms. The highest BCUT2D eigenvalue weighted by molar-refractivity contribution is 5.99. The van der Waals surface area contributed by atoms with Gasteiger partial charge in [0.1, 0.15) is 6.54 Å². The predicted octanol–water partition coefficient (Wildman–Crippen LogP) is 2.87. The lowest BCUT2D eigenvalue weighted by Gasteiger charge is -2.30. The van der Waals surface area contributed by atoms with Crippen molar-refractivity contribution in [2.75, 3.05) is 0 Å². The monoisotopic (exact) mass is 290 g/mol. The third-order valence-corrected chi connectivity index (χ3v) is 3.82. The lowest BCUT2D eigenvalue weighted by atomic mass is 9.76. The van der Waals surface area contributed by atoms with E-state index in [0.717, 1.165) is 23.4 Å². The first-order valence-corrected chi connectivity index (χ1v) is 7.52. The lowest BCUT2D eigenvalue weighted by molar-refractivity contribution is -0.123. The van der Waals surface area contributed by atoms with Gasteiger partial charge in [0.2, 0.25) is 5.91 Å². The highest BCUT2D eigenvalue weighted by Gasteiger charge is 2.34. The summed E-state index contributed by atoms with van der Waals surface area (Å²) >= 11 is 0. The van der Waals surface area contributed by atoms with Gasteiger partial charge in [-0.1, -0.05) is 13.8 Å². The number of amides is 1. The van der Waals surface area contributed by atoms with Crippen molar-refractivity contribution in [3.8, 4) is 0 Å². The van der Waals surface area contributed by atoms with Crippen LogP contribution < -0.4 is 5.32 Å². The number of nitrogens with zero attached hydrogens (tertiary/aromatic N) is 1. The molecule has 1 aromatic heterocycles. The van der Waals surface area contributed by atoms with Crippen LogP contribution in [0.1, 0.15) is 62.8 Å². The molecular weight excluding hydrogens is 264 g/mol. The van der Waals surface area contributed by atoms with E-state index in [1.165, 1.54) is 0 Å². The molecule has 0 saturated carbocycles. The Bertz CT molecular complexity index is 589. The standard InChI is InChI=1S/C17H26N2O2/c1-11-7-12-13(8-17(5,6)9-14(12)20)19(11)10-15(21)18-16(2,3)4/h7H,8-10H2,1-6H3,(H,18,21). The van der Waals surface area contributed by atoms with Crippen molar-refractivity contribution in [2.24, 2.45) is 5.41 Å². The second-order valence-corrected chi connectivity index (χ2v) is 7.97. The van der Waals surface area contributed by atoms with Gasteiger partial charge in [-0.2, -0.15) is 0 Å². The molecule has 1 amide bonds. The average Bonchev–Trinajstić information content (AvgIpc) is 2.53. The molecule has 0 aromatic carbocycles. The molecule has 0 saturated heterocycles. The van der Waals surface area contributed by atoms with Crippen LogP contribution in [0.2, 0.25) is 0 Å². The van der Waals surface area contributed by atoms with Gasteiger partial charge in [-0.05, 0) is 45.6 Å². The first kappa shape index (κ1) is 15.8. The van der Waals surface area contributed by atoms with Crippen molar-refractivity contribution >= 4 is 11.7 Å². The van der Waals surface area contributed by atoms with Crippen LogP contribution in [-0.4, -0.2) is 21.8 Å². The summed E-state index contributed by atoms with van der Waals surface area (Å²) in [5, 5.41) is 2.98. The van der Waals surface area contributed by atoms with Crippen molar-refractivity contribution in [1.29, 1.82) is 0 Å². The number of aryl methyl sites for hydroxylation is 1. The summed E-state index contributed by atoms with van der Waals surface area (Å²) in [5.74, 6) is 0.180. The molecule has 0 aliphatic heterocycles. The van der Waals surface area contributed by atoms with Gasteiger partial charge in [0.25, 0.3) is 0 Å². The number of hydrogen-bond donors (Lipinski definition) is 1. The summed E-state index contributed by atoms with van der Waals surface area (Å²) in [5.41, 5.74) is 2.52. The smallest absolute Gasteiger partial charge is 0.240 e. The van der Waals surface area contributed by atoms with Crippen LogP contribution in [0.3, 0.4) is 0 Å². The molecule has 4 heteroatoms. The Balaban J connectivity index is 2.30. The number of aromatic nitrogens is 1. The summed E-state index contributed by atoms with van der Waals surface area (Å²) < 4.78 is 2.00. The summed E-state index contributed by atoms with van der Waals surface area (Å²) in [6.07, 6.45) is 1.42. The summed E-state index contributed by atoms with van der Waals surface area (Å²) in [4.78, 5) is 24.5. The molecule has 1 N–H and O–H groups in total. The van der Waals surface area contributed by atoms with E-state index in [-0.39, 0.29) is 29.2 Å². The molecule has 116 valence electrons. The minimum absolute atomic E-state index is 0.0140. The second kappa shape index (κ2) is 5.00. The summed E-state index contributed by atoms with van der Waals surface area (Å²) in [6, 6.07) is 1.93. The van der Waals surface area contributed by atoms with Crippen molar-refractivity contribution in [1.82, 2.24) is 9.88 Å². The molecule has 0 spiro atoms. The first-order chi connectivity index (χ1) is 9.48. The van der Waals surface area contributed by atoms with E-state index in [1.54, 1.807) is 0 Å². The molecule has 0 radical (unpaired) electrons. The summed E-state index contributed by atoms with van der Waals surface area (Å²) in [6.45, 7) is 12.4. The Hall–Kier alpha value is -1.58. The number of fused-ring (bicyclic) bond motifs is 1. The first-order valence-electron chi connectivity index (χ1n) is 7.52. The number of Topliss-reactive ketones (excluding diaryl/α,β-unsaturated/α-hetero) is 1. The number of nitrogens with one attached hydrogen (secondary N) is 1. The van der Waals surface area contributed by atoms with Crippen LogP contribution in [0, 0.1) is 12.3 Å². The number of carbonyl (C=O) groups excluding carboxylic acids is 2. The molecule has 0 unspecified atom stereocenters. The SMILES string of the molecule is Cc1cc2c(n1CC(=O)NC(C)(C)C)CC(C)(C)CC2=O. The van der Waals surface area contributed by atoms with Crippen LogP contribution in [0.15, 0.2) is 6.07 Å². The Morgan fingerprint density at radius 2 is 1.95 bits per heavy atom. The van der Waals surface area contributed by atoms with Crippen molar-refractivity contribution in [2.45, 2.75) is 66.5 Å². The molecule has 0 atom stereocenters. The molecule has 1 aliphatic rings. The van der Waals surface area contributed by atoms with Crippen molar-refractivity contribution in [3.05, 3.63) is 23.0 Å². The minimum atomic E-state index is -0.243. The molecule has 1 aliphatic carbocycles. The zero-order chi connectivity index (χ0) is 16.0. The van der Waals surface area contributed by atoms with Crippen LogP contribution in [-0.2, 0) is 17.8 Å². The van der Waals surface area contributed by atoms with Gasteiger partial charge in [-0.15, -0.1) is 0 Å². The Labute approximate surface area is 126 Å². The second-order valence-electron chi connectivity index (χ2n) is 7.97. The maximum Gasteiger partial charge on any atom is 0.240 e. The van der Waals surface area contributed by atoms with Gasteiger partial charge in [-0.3, -0.25) is 9.59 Å². The van der Waals surface area contributed by atoms with E-state index >= 15 is 0 Å². The van der Waals surface area contributed by atoms with E-state index in [4.69, 9.17) is 0 Å². The fourth-order valence-electron chi connectivity index (χ4n) is 3.03. The van der Waals surface area contributed by atoms with Crippen LogP contribution in [0.25, 0.3) is 0 Å². The van der Waals surface area contributed by atoms with Gasteiger partial charge in [0.05, 0.1) is 0 Å². The largest absolute Gasteiger partial charge is 0.350 e. The predicted molar refractivity (Wildman–Crippen MR) is 83.5 cm³/mol. The van der Waals surface area contributed by atoms with E-state index in [2.05, 4.69) is 19.2 Å². The molecule has 21 heavy (non-hydrogen) atoms. The van der Waals surface area contributed by atoms with E-state index in [9.17, 15) is 9.59 Å². The van der Waals surface area contributed by atoms with Crippen molar-refractivity contribution in [3.63, 3.8) is 0 Å². The van der Waals surface area contributed by atoms with E-state index in [0.29, 0.717) is 6.42 Å². The maximum absolute atomic E-state index is 12.3. The molecule has 2 rings (SSSR count). The average molecular weight is 290 g/mol. The number of carbonyl (C=O) groups is 2. The Morgan fingerprint density at radius 3 is 2.52 bits per heavy atom. The zero-order valence-corrected chi connectivity index (χ0v) is 14.0. The fraction of sp³-hybridized carbons (Fsp3) is 0.647. The van der Waals surface area contributed by atoms with Crippen LogP contribution in [0.5, 0.6) is 0 Å². The third-order valence-electron chi connectivity index (χ3n) is 3.82. The normalized spacial score (nSPS) is 17.5. The maximum atomic E-state index is 12.3.